The number of nitrogens with one attached hydrogen (secondary N) is 2. The molecule has 0 saturated heterocycles. The van der Waals surface area contributed by atoms with Gasteiger partial charge in [-0.3, -0.25) is 0 Å². The molecule has 3 atom stereocenters. The maximum atomic E-state index is 12.2. The van der Waals surface area contributed by atoms with E-state index in [0.717, 1.165) is 25.7 Å². The number of hydrogen-bond donors (Lipinski definition) is 2. The maximum Gasteiger partial charge on any atom is 0.407 e. The summed E-state index contributed by atoms with van der Waals surface area (Å²) < 4.78 is 32.3. The number of hydrogen-bond acceptors (Lipinski definition) is 4. The average molecular weight is 349 g/mol. The van der Waals surface area contributed by atoms with Crippen LogP contribution >= 0.6 is 0 Å². The van der Waals surface area contributed by atoms with Gasteiger partial charge in [0.1, 0.15) is 5.60 Å². The lowest BCUT2D eigenvalue weighted by Crippen LogP contribution is -2.38. The second-order valence-electron chi connectivity index (χ2n) is 7.61. The quantitative estimate of drug-likeness (QED) is 0.741. The molecule has 0 spiro atoms. The second-order valence-corrected chi connectivity index (χ2v) is 9.41. The van der Waals surface area contributed by atoms with Gasteiger partial charge in [-0.05, 0) is 59.3 Å². The van der Waals surface area contributed by atoms with E-state index in [4.69, 9.17) is 4.74 Å². The lowest BCUT2D eigenvalue weighted by molar-refractivity contribution is 0.0505. The Morgan fingerprint density at radius 1 is 1.30 bits per heavy atom. The fourth-order valence-corrected chi connectivity index (χ4v) is 4.74. The van der Waals surface area contributed by atoms with Crippen LogP contribution in [0.15, 0.2) is 0 Å². The van der Waals surface area contributed by atoms with Crippen molar-refractivity contribution < 1.29 is 17.9 Å². The van der Waals surface area contributed by atoms with Crippen LogP contribution in [-0.4, -0.2) is 37.9 Å². The number of rotatable bonds is 7. The van der Waals surface area contributed by atoms with Crippen LogP contribution in [0.1, 0.15) is 66.7 Å². The zero-order chi connectivity index (χ0) is 17.7. The zero-order valence-electron chi connectivity index (χ0n) is 15.0. The van der Waals surface area contributed by atoms with E-state index in [1.54, 1.807) is 0 Å². The van der Waals surface area contributed by atoms with Gasteiger partial charge in [-0.1, -0.05) is 13.3 Å². The van der Waals surface area contributed by atoms with Gasteiger partial charge in [-0.2, -0.15) is 0 Å². The number of carbonyl (C=O) groups excluding carboxylic acids is 1. The highest BCUT2D eigenvalue weighted by Crippen LogP contribution is 2.27. The van der Waals surface area contributed by atoms with Gasteiger partial charge in [0.25, 0.3) is 0 Å². The first-order valence-electron chi connectivity index (χ1n) is 8.50. The Labute approximate surface area is 140 Å². The highest BCUT2D eigenvalue weighted by molar-refractivity contribution is 7.89. The fourth-order valence-electron chi connectivity index (χ4n) is 2.99. The Morgan fingerprint density at radius 3 is 2.52 bits per heavy atom. The Balaban J connectivity index is 2.41. The van der Waals surface area contributed by atoms with Gasteiger partial charge in [-0.25, -0.2) is 17.9 Å². The molecule has 0 aromatic carbocycles. The molecular weight excluding hydrogens is 316 g/mol. The highest BCUT2D eigenvalue weighted by atomic mass is 32.2. The van der Waals surface area contributed by atoms with E-state index in [1.807, 2.05) is 34.6 Å². The third kappa shape index (κ3) is 8.55. The molecule has 23 heavy (non-hydrogen) atoms. The predicted molar refractivity (Wildman–Crippen MR) is 91.8 cm³/mol. The number of sulfonamides is 1. The van der Waals surface area contributed by atoms with Crippen LogP contribution in [0.5, 0.6) is 0 Å². The van der Waals surface area contributed by atoms with Crippen molar-refractivity contribution in [1.29, 1.82) is 0 Å². The van der Waals surface area contributed by atoms with Gasteiger partial charge >= 0.3 is 6.09 Å². The lowest BCUT2D eigenvalue weighted by atomic mass is 10.1. The van der Waals surface area contributed by atoms with E-state index in [-0.39, 0.29) is 23.8 Å². The van der Waals surface area contributed by atoms with Crippen molar-refractivity contribution in [1.82, 2.24) is 10.0 Å². The molecular formula is C16H32N2O4S. The zero-order valence-corrected chi connectivity index (χ0v) is 15.8. The minimum absolute atomic E-state index is 0.00175. The Morgan fingerprint density at radius 2 is 1.96 bits per heavy atom. The van der Waals surface area contributed by atoms with E-state index in [2.05, 4.69) is 10.0 Å². The van der Waals surface area contributed by atoms with Gasteiger partial charge in [0, 0.05) is 12.1 Å². The molecule has 1 aliphatic rings. The number of amides is 1. The van der Waals surface area contributed by atoms with Crippen LogP contribution < -0.4 is 10.0 Å². The second kappa shape index (κ2) is 8.33. The Hall–Kier alpha value is -0.820. The van der Waals surface area contributed by atoms with Gasteiger partial charge in [0.15, 0.2) is 0 Å². The topological polar surface area (TPSA) is 84.5 Å². The molecule has 0 aromatic rings. The summed E-state index contributed by atoms with van der Waals surface area (Å²) >= 11 is 0. The summed E-state index contributed by atoms with van der Waals surface area (Å²) in [6.45, 7) is 9.39. The molecule has 1 unspecified atom stereocenters. The van der Waals surface area contributed by atoms with Crippen molar-refractivity contribution in [2.45, 2.75) is 84.4 Å². The van der Waals surface area contributed by atoms with Crippen molar-refractivity contribution in [3.8, 4) is 0 Å². The summed E-state index contributed by atoms with van der Waals surface area (Å²) in [6, 6.07) is -0.0276. The molecule has 136 valence electrons. The van der Waals surface area contributed by atoms with Crippen molar-refractivity contribution in [2.75, 3.05) is 5.75 Å². The van der Waals surface area contributed by atoms with Crippen LogP contribution in [0.3, 0.4) is 0 Å². The van der Waals surface area contributed by atoms with E-state index in [1.165, 1.54) is 0 Å². The van der Waals surface area contributed by atoms with Gasteiger partial charge in [-0.15, -0.1) is 0 Å². The van der Waals surface area contributed by atoms with Crippen LogP contribution in [-0.2, 0) is 14.8 Å². The minimum Gasteiger partial charge on any atom is -0.444 e. The van der Waals surface area contributed by atoms with E-state index in [9.17, 15) is 13.2 Å². The summed E-state index contributed by atoms with van der Waals surface area (Å²) in [4.78, 5) is 11.8. The predicted octanol–water partition coefficient (Wildman–Crippen LogP) is 2.79. The monoisotopic (exact) mass is 348 g/mol. The van der Waals surface area contributed by atoms with E-state index < -0.39 is 21.7 Å². The fraction of sp³-hybridized carbons (Fsp3) is 0.938. The Kier molecular flexibility index (Phi) is 7.32. The molecule has 6 nitrogen and oxygen atoms in total. The highest BCUT2D eigenvalue weighted by Gasteiger charge is 2.31. The van der Waals surface area contributed by atoms with Crippen molar-refractivity contribution in [3.63, 3.8) is 0 Å². The van der Waals surface area contributed by atoms with Crippen LogP contribution in [0.4, 0.5) is 4.79 Å². The first kappa shape index (κ1) is 20.2. The van der Waals surface area contributed by atoms with Gasteiger partial charge in [0.2, 0.25) is 10.0 Å². The average Bonchev–Trinajstić information content (AvgIpc) is 2.71. The summed E-state index contributed by atoms with van der Waals surface area (Å²) in [5, 5.41) is 2.84. The molecule has 0 bridgehead atoms. The third-order valence-corrected chi connectivity index (χ3v) is 5.49. The largest absolute Gasteiger partial charge is 0.444 e. The van der Waals surface area contributed by atoms with Gasteiger partial charge in [0.05, 0.1) is 5.75 Å². The molecule has 2 N–H and O–H groups in total. The molecule has 1 fully saturated rings. The summed E-state index contributed by atoms with van der Waals surface area (Å²) in [7, 11) is -3.26. The maximum absolute atomic E-state index is 12.2. The normalized spacial score (nSPS) is 23.5. The van der Waals surface area contributed by atoms with Crippen LogP contribution in [0.2, 0.25) is 0 Å². The van der Waals surface area contributed by atoms with Crippen molar-refractivity contribution in [3.05, 3.63) is 0 Å². The van der Waals surface area contributed by atoms with Crippen LogP contribution in [0, 0.1) is 5.92 Å². The SMILES string of the molecule is CCCC(C)NS(=O)(=O)C[C@@H]1CC[C@H](NC(=O)OC(C)(C)C)C1. The number of carbonyl (C=O) groups is 1. The smallest absolute Gasteiger partial charge is 0.407 e. The first-order valence-corrected chi connectivity index (χ1v) is 10.2. The molecule has 1 aliphatic carbocycles. The first-order chi connectivity index (χ1) is 10.5. The van der Waals surface area contributed by atoms with Crippen LogP contribution in [0.25, 0.3) is 0 Å². The number of alkyl carbamates (subject to hydrolysis) is 1. The molecule has 0 radical (unpaired) electrons. The summed E-state index contributed by atoms with van der Waals surface area (Å²) in [5.41, 5.74) is -0.523. The molecule has 7 heteroatoms. The number of ether oxygens (including phenoxy) is 1. The molecule has 0 aromatic heterocycles. The van der Waals surface area contributed by atoms with Gasteiger partial charge < -0.3 is 10.1 Å². The summed E-state index contributed by atoms with van der Waals surface area (Å²) in [5.74, 6) is 0.217. The third-order valence-electron chi connectivity index (χ3n) is 3.82. The summed E-state index contributed by atoms with van der Waals surface area (Å²) in [6.07, 6.45) is 3.65. The Bertz CT molecular complexity index is 485. The lowest BCUT2D eigenvalue weighted by Gasteiger charge is -2.22. The molecule has 0 aliphatic heterocycles. The van der Waals surface area contributed by atoms with Crippen molar-refractivity contribution >= 4 is 16.1 Å². The van der Waals surface area contributed by atoms with E-state index in [0.29, 0.717) is 6.42 Å². The standard InChI is InChI=1S/C16H32N2O4S/c1-6-7-12(2)18-23(20,21)11-13-8-9-14(10-13)17-15(19)22-16(3,4)5/h12-14,18H,6-11H2,1-5H3,(H,17,19)/t12?,13-,14+/m1/s1. The molecule has 1 rings (SSSR count). The molecule has 1 amide bonds. The van der Waals surface area contributed by atoms with E-state index >= 15 is 0 Å². The molecule has 1 saturated carbocycles. The minimum atomic E-state index is -3.26. The molecule has 0 heterocycles. The van der Waals surface area contributed by atoms with Crippen molar-refractivity contribution in [2.24, 2.45) is 5.92 Å².